The van der Waals surface area contributed by atoms with E-state index in [1.54, 1.807) is 6.07 Å². The largest absolute Gasteiger partial charge is 0.493 e. The number of hydrogen-bond acceptors (Lipinski definition) is 7. The summed E-state index contributed by atoms with van der Waals surface area (Å²) in [7, 11) is -2.53. The lowest BCUT2D eigenvalue weighted by atomic mass is 10.1. The summed E-state index contributed by atoms with van der Waals surface area (Å²) in [6.07, 6.45) is 2.21. The highest BCUT2D eigenvalue weighted by Gasteiger charge is 2.26. The Morgan fingerprint density at radius 1 is 1.25 bits per heavy atom. The SMILES string of the molecule is COc1cc(C=C2N=C(c3ccccc3F)OC2=O)cc(Cl)c1OS(C)(=O)=O. The topological polar surface area (TPSA) is 91.3 Å². The number of carbonyl (C=O) groups excluding carboxylic acids is 1. The average molecular weight is 426 g/mol. The monoisotopic (exact) mass is 425 g/mol. The van der Waals surface area contributed by atoms with Gasteiger partial charge in [0.1, 0.15) is 5.82 Å². The van der Waals surface area contributed by atoms with Crippen molar-refractivity contribution in [1.82, 2.24) is 0 Å². The minimum Gasteiger partial charge on any atom is -0.493 e. The number of benzene rings is 2. The van der Waals surface area contributed by atoms with Gasteiger partial charge >= 0.3 is 16.1 Å². The van der Waals surface area contributed by atoms with Crippen LogP contribution < -0.4 is 8.92 Å². The van der Waals surface area contributed by atoms with Gasteiger partial charge in [-0.05, 0) is 35.9 Å². The lowest BCUT2D eigenvalue weighted by Crippen LogP contribution is -2.07. The summed E-state index contributed by atoms with van der Waals surface area (Å²) in [5, 5.41) is -0.0544. The highest BCUT2D eigenvalue weighted by molar-refractivity contribution is 7.86. The molecule has 0 aromatic heterocycles. The molecule has 7 nitrogen and oxygen atoms in total. The maximum absolute atomic E-state index is 13.9. The number of ether oxygens (including phenoxy) is 2. The van der Waals surface area contributed by atoms with E-state index in [0.29, 0.717) is 5.56 Å². The van der Waals surface area contributed by atoms with Crippen molar-refractivity contribution < 1.29 is 31.3 Å². The Labute approximate surface area is 165 Å². The van der Waals surface area contributed by atoms with Crippen LogP contribution in [0.3, 0.4) is 0 Å². The quantitative estimate of drug-likeness (QED) is 0.415. The number of aliphatic imine (C=N–C) groups is 1. The number of methoxy groups -OCH3 is 1. The second-order valence-corrected chi connectivity index (χ2v) is 7.62. The lowest BCUT2D eigenvalue weighted by Gasteiger charge is -2.11. The molecular weight excluding hydrogens is 413 g/mol. The number of halogens is 2. The van der Waals surface area contributed by atoms with Gasteiger partial charge in [0.15, 0.2) is 11.4 Å². The first-order chi connectivity index (χ1) is 13.2. The predicted octanol–water partition coefficient (Wildman–Crippen LogP) is 3.17. The van der Waals surface area contributed by atoms with Gasteiger partial charge in [0.25, 0.3) is 0 Å². The average Bonchev–Trinajstić information content (AvgIpc) is 2.97. The Morgan fingerprint density at radius 2 is 1.96 bits per heavy atom. The van der Waals surface area contributed by atoms with Crippen LogP contribution in [0.4, 0.5) is 4.39 Å². The molecule has 0 aliphatic carbocycles. The van der Waals surface area contributed by atoms with E-state index in [2.05, 4.69) is 4.99 Å². The van der Waals surface area contributed by atoms with E-state index in [1.165, 1.54) is 43.5 Å². The maximum Gasteiger partial charge on any atom is 0.363 e. The van der Waals surface area contributed by atoms with E-state index in [-0.39, 0.29) is 33.7 Å². The van der Waals surface area contributed by atoms with Crippen LogP contribution in [0.5, 0.6) is 11.5 Å². The third-order valence-electron chi connectivity index (χ3n) is 3.51. The lowest BCUT2D eigenvalue weighted by molar-refractivity contribution is -0.129. The molecule has 1 aliphatic heterocycles. The molecule has 2 aromatic carbocycles. The Kier molecular flexibility index (Phi) is 5.39. The molecule has 1 aliphatic rings. The molecule has 1 heterocycles. The predicted molar refractivity (Wildman–Crippen MR) is 100 cm³/mol. The molecule has 0 fully saturated rings. The Morgan fingerprint density at radius 3 is 2.61 bits per heavy atom. The summed E-state index contributed by atoms with van der Waals surface area (Å²) in [6.45, 7) is 0. The molecule has 28 heavy (non-hydrogen) atoms. The van der Waals surface area contributed by atoms with E-state index < -0.39 is 21.9 Å². The van der Waals surface area contributed by atoms with Gasteiger partial charge in [-0.3, -0.25) is 0 Å². The summed E-state index contributed by atoms with van der Waals surface area (Å²) in [5.74, 6) is -1.66. The molecule has 0 saturated heterocycles. The van der Waals surface area contributed by atoms with Gasteiger partial charge in [-0.1, -0.05) is 23.7 Å². The minimum absolute atomic E-state index is 0.0365. The van der Waals surface area contributed by atoms with Crippen molar-refractivity contribution >= 4 is 39.7 Å². The Bertz CT molecular complexity index is 1130. The van der Waals surface area contributed by atoms with Crippen molar-refractivity contribution in [3.8, 4) is 11.5 Å². The van der Waals surface area contributed by atoms with Crippen molar-refractivity contribution in [2.24, 2.45) is 4.99 Å². The molecule has 0 N–H and O–H groups in total. The molecule has 0 radical (unpaired) electrons. The number of cyclic esters (lactones) is 1. The van der Waals surface area contributed by atoms with E-state index in [4.69, 9.17) is 25.3 Å². The molecule has 0 atom stereocenters. The van der Waals surface area contributed by atoms with Gasteiger partial charge in [0, 0.05) is 0 Å². The minimum atomic E-state index is -3.83. The molecule has 3 rings (SSSR count). The fraction of sp³-hybridized carbons (Fsp3) is 0.111. The molecule has 0 unspecified atom stereocenters. The standard InChI is InChI=1S/C18H13ClFNO6S/c1-25-15-9-10(7-12(19)16(15)27-28(2,23)24)8-14-18(22)26-17(21-14)11-5-3-4-6-13(11)20/h3-9H,1-2H3. The maximum atomic E-state index is 13.9. The smallest absolute Gasteiger partial charge is 0.363 e. The molecule has 0 bridgehead atoms. The first kappa shape index (κ1) is 19.8. The second kappa shape index (κ2) is 7.61. The molecule has 0 spiro atoms. The fourth-order valence-electron chi connectivity index (χ4n) is 2.37. The van der Waals surface area contributed by atoms with Crippen LogP contribution in [-0.4, -0.2) is 33.7 Å². The molecular formula is C18H13ClFNO6S. The number of carbonyl (C=O) groups is 1. The zero-order valence-electron chi connectivity index (χ0n) is 14.6. The summed E-state index contributed by atoms with van der Waals surface area (Å²) >= 11 is 6.09. The van der Waals surface area contributed by atoms with Gasteiger partial charge in [-0.2, -0.15) is 8.42 Å². The Hall–Kier alpha value is -2.91. The number of hydrogen-bond donors (Lipinski definition) is 0. The van der Waals surface area contributed by atoms with Gasteiger partial charge in [-0.15, -0.1) is 0 Å². The van der Waals surface area contributed by atoms with Crippen LogP contribution in [0.15, 0.2) is 47.1 Å². The number of rotatable bonds is 5. The van der Waals surface area contributed by atoms with E-state index in [1.807, 2.05) is 0 Å². The van der Waals surface area contributed by atoms with Crippen molar-refractivity contribution in [3.63, 3.8) is 0 Å². The number of nitrogens with zero attached hydrogens (tertiary/aromatic N) is 1. The fourth-order valence-corrected chi connectivity index (χ4v) is 3.15. The van der Waals surface area contributed by atoms with Crippen molar-refractivity contribution in [3.05, 3.63) is 64.1 Å². The first-order valence-electron chi connectivity index (χ1n) is 7.72. The zero-order chi connectivity index (χ0) is 20.5. The van der Waals surface area contributed by atoms with E-state index in [9.17, 15) is 17.6 Å². The van der Waals surface area contributed by atoms with Crippen LogP contribution in [0.2, 0.25) is 5.02 Å². The van der Waals surface area contributed by atoms with Gasteiger partial charge in [-0.25, -0.2) is 14.2 Å². The molecule has 2 aromatic rings. The van der Waals surface area contributed by atoms with E-state index in [0.717, 1.165) is 6.26 Å². The van der Waals surface area contributed by atoms with Crippen LogP contribution >= 0.6 is 11.6 Å². The van der Waals surface area contributed by atoms with Crippen LogP contribution in [0.25, 0.3) is 6.08 Å². The summed E-state index contributed by atoms with van der Waals surface area (Å²) in [6, 6.07) is 8.51. The summed E-state index contributed by atoms with van der Waals surface area (Å²) in [4.78, 5) is 16.1. The molecule has 10 heteroatoms. The van der Waals surface area contributed by atoms with Gasteiger partial charge < -0.3 is 13.7 Å². The molecule has 0 amide bonds. The second-order valence-electron chi connectivity index (χ2n) is 5.64. The third kappa shape index (κ3) is 4.32. The normalized spacial score (nSPS) is 15.4. The van der Waals surface area contributed by atoms with Crippen molar-refractivity contribution in [2.45, 2.75) is 0 Å². The zero-order valence-corrected chi connectivity index (χ0v) is 16.2. The van der Waals surface area contributed by atoms with Crippen molar-refractivity contribution in [1.29, 1.82) is 0 Å². The van der Waals surface area contributed by atoms with E-state index >= 15 is 0 Å². The van der Waals surface area contributed by atoms with Gasteiger partial charge in [0.2, 0.25) is 11.6 Å². The highest BCUT2D eigenvalue weighted by atomic mass is 35.5. The first-order valence-corrected chi connectivity index (χ1v) is 9.92. The van der Waals surface area contributed by atoms with Crippen molar-refractivity contribution in [2.75, 3.05) is 13.4 Å². The third-order valence-corrected chi connectivity index (χ3v) is 4.26. The van der Waals surface area contributed by atoms with Crippen LogP contribution in [-0.2, 0) is 19.6 Å². The van der Waals surface area contributed by atoms with Crippen LogP contribution in [0, 0.1) is 5.82 Å². The van der Waals surface area contributed by atoms with Crippen LogP contribution in [0.1, 0.15) is 11.1 Å². The molecule has 0 saturated carbocycles. The molecule has 146 valence electrons. The summed E-state index contributed by atoms with van der Waals surface area (Å²) < 4.78 is 51.6. The highest BCUT2D eigenvalue weighted by Crippen LogP contribution is 2.38. The number of esters is 1. The Balaban J connectivity index is 2.00. The van der Waals surface area contributed by atoms with Gasteiger partial charge in [0.05, 0.1) is 24.0 Å². The summed E-state index contributed by atoms with van der Waals surface area (Å²) in [5.41, 5.74) is 0.327.